The van der Waals surface area contributed by atoms with Crippen molar-refractivity contribution in [2.45, 2.75) is 6.36 Å². The van der Waals surface area contributed by atoms with E-state index in [0.29, 0.717) is 6.07 Å². The molecule has 0 unspecified atom stereocenters. The smallest absolute Gasteiger partial charge is 0.404 e. The van der Waals surface area contributed by atoms with Gasteiger partial charge >= 0.3 is 6.36 Å². The minimum Gasteiger partial charge on any atom is -0.404 e. The summed E-state index contributed by atoms with van der Waals surface area (Å²) in [5.74, 6) is -0.590. The van der Waals surface area contributed by atoms with E-state index in [2.05, 4.69) is 41.6 Å². The Hall–Kier alpha value is -0.500. The number of hydrogen-bond acceptors (Lipinski definition) is 2. The first kappa shape index (κ1) is 11.6. The van der Waals surface area contributed by atoms with Crippen molar-refractivity contribution < 1.29 is 17.9 Å². The maximum Gasteiger partial charge on any atom is 0.573 e. The zero-order valence-corrected chi connectivity index (χ0v) is 9.46. The number of rotatable bonds is 1. The second-order valence-corrected chi connectivity index (χ2v) is 3.76. The molecule has 0 bridgehead atoms. The number of pyridine rings is 1. The molecule has 0 radical (unpaired) electrons. The summed E-state index contributed by atoms with van der Waals surface area (Å²) in [5.41, 5.74) is -0.695. The number of alkyl halides is 3. The third kappa shape index (κ3) is 3.02. The van der Waals surface area contributed by atoms with E-state index in [1.54, 1.807) is 0 Å². The Morgan fingerprint density at radius 2 is 1.93 bits per heavy atom. The first-order valence-electron chi connectivity index (χ1n) is 3.13. The number of halogens is 5. The highest BCUT2D eigenvalue weighted by Gasteiger charge is 2.32. The van der Waals surface area contributed by atoms with Gasteiger partial charge in [-0.1, -0.05) is 0 Å². The van der Waals surface area contributed by atoms with E-state index >= 15 is 0 Å². The van der Waals surface area contributed by atoms with E-state index in [9.17, 15) is 18.0 Å². The molecule has 78 valence electrons. The Labute approximate surface area is 92.5 Å². The molecule has 0 spiro atoms. The first-order chi connectivity index (χ1) is 6.29. The number of hydrogen-bond donors (Lipinski definition) is 1. The Morgan fingerprint density at radius 1 is 1.36 bits per heavy atom. The van der Waals surface area contributed by atoms with Crippen LogP contribution in [0.5, 0.6) is 5.75 Å². The van der Waals surface area contributed by atoms with Gasteiger partial charge in [-0.3, -0.25) is 4.79 Å². The fourth-order valence-corrected chi connectivity index (χ4v) is 1.37. The molecular weight excluding hydrogens is 335 g/mol. The molecule has 0 aromatic carbocycles. The summed E-state index contributed by atoms with van der Waals surface area (Å²) in [4.78, 5) is 13.0. The van der Waals surface area contributed by atoms with Gasteiger partial charge in [0.25, 0.3) is 5.56 Å². The van der Waals surface area contributed by atoms with Crippen LogP contribution >= 0.6 is 31.9 Å². The van der Waals surface area contributed by atoms with Crippen LogP contribution in [0.2, 0.25) is 0 Å². The van der Waals surface area contributed by atoms with Gasteiger partial charge in [-0.15, -0.1) is 13.2 Å². The van der Waals surface area contributed by atoms with E-state index in [-0.39, 0.29) is 9.08 Å². The van der Waals surface area contributed by atoms with Gasteiger partial charge in [0.05, 0.1) is 4.47 Å². The molecule has 0 aliphatic rings. The van der Waals surface area contributed by atoms with Crippen LogP contribution in [-0.2, 0) is 0 Å². The average molecular weight is 337 g/mol. The molecule has 0 fully saturated rings. The van der Waals surface area contributed by atoms with Crippen molar-refractivity contribution in [1.29, 1.82) is 0 Å². The van der Waals surface area contributed by atoms with E-state index < -0.39 is 17.7 Å². The molecule has 0 aliphatic carbocycles. The van der Waals surface area contributed by atoms with Crippen LogP contribution in [0, 0.1) is 0 Å². The van der Waals surface area contributed by atoms with E-state index in [1.807, 2.05) is 0 Å². The fourth-order valence-electron chi connectivity index (χ4n) is 0.689. The summed E-state index contributed by atoms with van der Waals surface area (Å²) < 4.78 is 39.1. The molecule has 1 aromatic rings. The summed E-state index contributed by atoms with van der Waals surface area (Å²) in [6.45, 7) is 0. The third-order valence-corrected chi connectivity index (χ3v) is 3.04. The predicted molar refractivity (Wildman–Crippen MR) is 49.1 cm³/mol. The lowest BCUT2D eigenvalue weighted by Crippen LogP contribution is -2.19. The highest BCUT2D eigenvalue weighted by molar-refractivity contribution is 9.13. The zero-order valence-electron chi connectivity index (χ0n) is 6.28. The van der Waals surface area contributed by atoms with Crippen molar-refractivity contribution in [3.8, 4) is 5.75 Å². The number of aromatic nitrogens is 1. The quantitative estimate of drug-likeness (QED) is 0.801. The van der Waals surface area contributed by atoms with Crippen molar-refractivity contribution in [1.82, 2.24) is 4.98 Å². The molecule has 0 saturated carbocycles. The average Bonchev–Trinajstić information content (AvgIpc) is 1.96. The predicted octanol–water partition coefficient (Wildman–Crippen LogP) is 2.80. The highest BCUT2D eigenvalue weighted by atomic mass is 79.9. The Balaban J connectivity index is 3.15. The van der Waals surface area contributed by atoms with Crippen molar-refractivity contribution in [2.75, 3.05) is 0 Å². The van der Waals surface area contributed by atoms with Crippen LogP contribution in [0.25, 0.3) is 0 Å². The van der Waals surface area contributed by atoms with Gasteiger partial charge < -0.3 is 9.72 Å². The molecule has 3 nitrogen and oxygen atoms in total. The molecule has 1 heterocycles. The van der Waals surface area contributed by atoms with Crippen molar-refractivity contribution in [3.63, 3.8) is 0 Å². The number of H-pyrrole nitrogens is 1. The topological polar surface area (TPSA) is 42.1 Å². The number of aromatic amines is 1. The maximum atomic E-state index is 11.8. The lowest BCUT2D eigenvalue weighted by molar-refractivity contribution is -0.275. The van der Waals surface area contributed by atoms with Crippen molar-refractivity contribution in [2.24, 2.45) is 0 Å². The monoisotopic (exact) mass is 335 g/mol. The van der Waals surface area contributed by atoms with Gasteiger partial charge in [-0.25, -0.2) is 0 Å². The zero-order chi connectivity index (χ0) is 10.9. The van der Waals surface area contributed by atoms with Crippen LogP contribution in [0.4, 0.5) is 13.2 Å². The Kier molecular flexibility index (Phi) is 3.25. The summed E-state index contributed by atoms with van der Waals surface area (Å²) in [5, 5.41) is 0. The second kappa shape index (κ2) is 3.93. The van der Waals surface area contributed by atoms with Gasteiger partial charge in [0.15, 0.2) is 5.75 Å². The molecule has 1 rings (SSSR count). The highest BCUT2D eigenvalue weighted by Crippen LogP contribution is 2.32. The summed E-state index contributed by atoms with van der Waals surface area (Å²) >= 11 is 5.68. The van der Waals surface area contributed by atoms with E-state index in [0.717, 1.165) is 0 Å². The molecule has 8 heteroatoms. The Morgan fingerprint density at radius 3 is 2.43 bits per heavy atom. The summed E-state index contributed by atoms with van der Waals surface area (Å²) in [7, 11) is 0. The normalized spacial score (nSPS) is 11.5. The van der Waals surface area contributed by atoms with E-state index in [1.165, 1.54) is 0 Å². The first-order valence-corrected chi connectivity index (χ1v) is 4.72. The molecule has 0 saturated heterocycles. The van der Waals surface area contributed by atoms with Crippen molar-refractivity contribution >= 4 is 31.9 Å². The van der Waals surface area contributed by atoms with Crippen LogP contribution in [0.1, 0.15) is 0 Å². The summed E-state index contributed by atoms with van der Waals surface area (Å²) in [6.07, 6.45) is -4.82. The van der Waals surface area contributed by atoms with Crippen LogP contribution < -0.4 is 10.3 Å². The maximum absolute atomic E-state index is 11.8. The molecule has 1 N–H and O–H groups in total. The van der Waals surface area contributed by atoms with Crippen LogP contribution in [0.3, 0.4) is 0 Å². The largest absolute Gasteiger partial charge is 0.573 e. The summed E-state index contributed by atoms with van der Waals surface area (Å²) in [6, 6.07) is 0.697. The molecular formula is C6H2Br2F3NO2. The lowest BCUT2D eigenvalue weighted by atomic mass is 10.4. The molecule has 0 atom stereocenters. The molecule has 0 amide bonds. The van der Waals surface area contributed by atoms with Crippen LogP contribution in [0.15, 0.2) is 19.9 Å². The molecule has 14 heavy (non-hydrogen) atoms. The molecule has 0 aliphatic heterocycles. The van der Waals surface area contributed by atoms with Gasteiger partial charge in [0, 0.05) is 6.07 Å². The minimum absolute atomic E-state index is 0.00516. The van der Waals surface area contributed by atoms with Gasteiger partial charge in [0.1, 0.15) is 4.60 Å². The van der Waals surface area contributed by atoms with Gasteiger partial charge in [0.2, 0.25) is 0 Å². The fraction of sp³-hybridized carbons (Fsp3) is 0.167. The van der Waals surface area contributed by atoms with Gasteiger partial charge in [-0.05, 0) is 31.9 Å². The SMILES string of the molecule is O=c1cc(OC(F)(F)F)c(Br)c(Br)[nH]1. The number of nitrogens with one attached hydrogen (secondary N) is 1. The second-order valence-electron chi connectivity index (χ2n) is 2.17. The number of ether oxygens (including phenoxy) is 1. The third-order valence-electron chi connectivity index (χ3n) is 1.13. The minimum atomic E-state index is -4.82. The van der Waals surface area contributed by atoms with E-state index in [4.69, 9.17) is 0 Å². The lowest BCUT2D eigenvalue weighted by Gasteiger charge is -2.10. The van der Waals surface area contributed by atoms with Crippen molar-refractivity contribution in [3.05, 3.63) is 25.5 Å². The van der Waals surface area contributed by atoms with Gasteiger partial charge in [-0.2, -0.15) is 0 Å². The van der Waals surface area contributed by atoms with Crippen LogP contribution in [-0.4, -0.2) is 11.3 Å². The standard InChI is InChI=1S/C6H2Br2F3NO2/c7-4-2(14-6(9,10)11)1-3(13)12-5(4)8/h1H,(H,12,13). The Bertz CT molecular complexity index is 401. The molecule has 1 aromatic heterocycles.